The number of anilines is 1. The quantitative estimate of drug-likeness (QED) is 0.440. The summed E-state index contributed by atoms with van der Waals surface area (Å²) in [5.41, 5.74) is 6.41. The number of rotatable bonds is 5. The summed E-state index contributed by atoms with van der Waals surface area (Å²) in [7, 11) is 0. The van der Waals surface area contributed by atoms with Gasteiger partial charge in [-0.25, -0.2) is 15.0 Å². The number of hydrogen-bond donors (Lipinski definition) is 2. The second-order valence-electron chi connectivity index (χ2n) is 9.43. The molecule has 1 aliphatic heterocycles. The molecule has 7 nitrogen and oxygen atoms in total. The zero-order chi connectivity index (χ0) is 23.2. The smallest absolute Gasteiger partial charge is 0.143 e. The molecule has 4 aromatic rings. The summed E-state index contributed by atoms with van der Waals surface area (Å²) >= 11 is 0. The van der Waals surface area contributed by atoms with Crippen LogP contribution in [0.3, 0.4) is 0 Å². The van der Waals surface area contributed by atoms with Crippen LogP contribution in [0.1, 0.15) is 49.5 Å². The SMILES string of the molecule is CCOc1ccc(-c2nc(C3(C)CCN(c4ncnc5[nH]c(C)cc45)CC3)[nH]c2C)cc1C. The Morgan fingerprint density at radius 2 is 1.85 bits per heavy atom. The van der Waals surface area contributed by atoms with Gasteiger partial charge in [0.1, 0.15) is 29.4 Å². The van der Waals surface area contributed by atoms with E-state index in [1.165, 1.54) is 0 Å². The molecule has 4 heterocycles. The Labute approximate surface area is 194 Å². The molecule has 2 N–H and O–H groups in total. The summed E-state index contributed by atoms with van der Waals surface area (Å²) in [4.78, 5) is 23.4. The summed E-state index contributed by atoms with van der Waals surface area (Å²) in [5, 5.41) is 1.10. The van der Waals surface area contributed by atoms with Crippen molar-refractivity contribution in [3.63, 3.8) is 0 Å². The lowest BCUT2D eigenvalue weighted by atomic mass is 9.79. The van der Waals surface area contributed by atoms with Gasteiger partial charge in [0, 0.05) is 35.5 Å². The fraction of sp³-hybridized carbons (Fsp3) is 0.423. The predicted molar refractivity (Wildman–Crippen MR) is 132 cm³/mol. The third-order valence-corrected chi connectivity index (χ3v) is 6.91. The van der Waals surface area contributed by atoms with Gasteiger partial charge < -0.3 is 19.6 Å². The number of aromatic nitrogens is 5. The third-order valence-electron chi connectivity index (χ3n) is 6.91. The van der Waals surface area contributed by atoms with E-state index in [1.54, 1.807) is 6.33 Å². The van der Waals surface area contributed by atoms with Crippen LogP contribution in [0.2, 0.25) is 0 Å². The maximum Gasteiger partial charge on any atom is 0.143 e. The first kappa shape index (κ1) is 21.5. The third kappa shape index (κ3) is 3.86. The van der Waals surface area contributed by atoms with Crippen LogP contribution in [0.15, 0.2) is 30.6 Å². The number of fused-ring (bicyclic) bond motifs is 1. The van der Waals surface area contributed by atoms with Gasteiger partial charge in [0.25, 0.3) is 0 Å². The van der Waals surface area contributed by atoms with E-state index in [-0.39, 0.29) is 5.41 Å². The molecule has 0 aliphatic carbocycles. The molecule has 0 saturated carbocycles. The Morgan fingerprint density at radius 3 is 2.58 bits per heavy atom. The summed E-state index contributed by atoms with van der Waals surface area (Å²) in [6, 6.07) is 8.46. The highest BCUT2D eigenvalue weighted by Crippen LogP contribution is 2.38. The second kappa shape index (κ2) is 8.21. The van der Waals surface area contributed by atoms with Crippen molar-refractivity contribution in [1.82, 2.24) is 24.9 Å². The number of hydrogen-bond acceptors (Lipinski definition) is 5. The highest BCUT2D eigenvalue weighted by Gasteiger charge is 2.35. The van der Waals surface area contributed by atoms with E-state index in [0.29, 0.717) is 6.61 Å². The molecular formula is C26H32N6O. The highest BCUT2D eigenvalue weighted by atomic mass is 16.5. The molecule has 7 heteroatoms. The first-order chi connectivity index (χ1) is 15.9. The van der Waals surface area contributed by atoms with Gasteiger partial charge in [-0.15, -0.1) is 0 Å². The van der Waals surface area contributed by atoms with Gasteiger partial charge in [0.15, 0.2) is 0 Å². The molecule has 1 aliphatic rings. The molecule has 0 radical (unpaired) electrons. The maximum absolute atomic E-state index is 5.70. The van der Waals surface area contributed by atoms with Crippen molar-refractivity contribution in [2.45, 2.75) is 52.9 Å². The molecule has 172 valence electrons. The average molecular weight is 445 g/mol. The van der Waals surface area contributed by atoms with Crippen LogP contribution in [0.25, 0.3) is 22.3 Å². The Hall–Kier alpha value is -3.35. The number of H-pyrrole nitrogens is 2. The minimum Gasteiger partial charge on any atom is -0.494 e. The number of ether oxygens (including phenoxy) is 1. The lowest BCUT2D eigenvalue weighted by Crippen LogP contribution is -2.42. The lowest BCUT2D eigenvalue weighted by Gasteiger charge is -2.38. The topological polar surface area (TPSA) is 82.7 Å². The van der Waals surface area contributed by atoms with Crippen LogP contribution < -0.4 is 9.64 Å². The summed E-state index contributed by atoms with van der Waals surface area (Å²) in [6.45, 7) is 13.1. The fourth-order valence-corrected chi connectivity index (χ4v) is 4.90. The number of nitrogens with one attached hydrogen (secondary N) is 2. The van der Waals surface area contributed by atoms with Crippen molar-refractivity contribution in [1.29, 1.82) is 0 Å². The fourth-order valence-electron chi connectivity index (χ4n) is 4.90. The Morgan fingerprint density at radius 1 is 1.06 bits per heavy atom. The molecule has 0 amide bonds. The van der Waals surface area contributed by atoms with Crippen LogP contribution in [-0.4, -0.2) is 44.6 Å². The number of nitrogens with zero attached hydrogens (tertiary/aromatic N) is 4. The maximum atomic E-state index is 5.70. The van der Waals surface area contributed by atoms with Crippen molar-refractivity contribution in [3.05, 3.63) is 53.4 Å². The van der Waals surface area contributed by atoms with E-state index in [0.717, 1.165) is 82.6 Å². The zero-order valence-electron chi connectivity index (χ0n) is 20.1. The van der Waals surface area contributed by atoms with Crippen molar-refractivity contribution < 1.29 is 4.74 Å². The van der Waals surface area contributed by atoms with Crippen LogP contribution in [0.5, 0.6) is 5.75 Å². The van der Waals surface area contributed by atoms with Crippen LogP contribution in [0, 0.1) is 20.8 Å². The van der Waals surface area contributed by atoms with E-state index in [2.05, 4.69) is 70.7 Å². The van der Waals surface area contributed by atoms with Gasteiger partial charge in [-0.3, -0.25) is 0 Å². The molecule has 1 fully saturated rings. The van der Waals surface area contributed by atoms with Crippen molar-refractivity contribution in [2.24, 2.45) is 0 Å². The number of aryl methyl sites for hydroxylation is 3. The Bertz CT molecular complexity index is 1300. The molecule has 1 saturated heterocycles. The number of piperidine rings is 1. The largest absolute Gasteiger partial charge is 0.494 e. The normalized spacial score (nSPS) is 15.8. The standard InChI is InChI=1S/C26H32N6O/c1-6-33-21-8-7-19(13-16(21)2)22-18(4)30-25(31-22)26(5)9-11-32(12-10-26)24-20-14-17(3)29-23(20)27-15-28-24/h7-8,13-15H,6,9-12H2,1-5H3,(H,30,31)(H,27,28,29). The zero-order valence-corrected chi connectivity index (χ0v) is 20.1. The van der Waals surface area contributed by atoms with Crippen LogP contribution in [-0.2, 0) is 5.41 Å². The molecule has 0 unspecified atom stereocenters. The Balaban J connectivity index is 1.37. The van der Waals surface area contributed by atoms with E-state index in [4.69, 9.17) is 9.72 Å². The first-order valence-electron chi connectivity index (χ1n) is 11.7. The van der Waals surface area contributed by atoms with E-state index in [9.17, 15) is 0 Å². The van der Waals surface area contributed by atoms with Crippen molar-refractivity contribution >= 4 is 16.9 Å². The highest BCUT2D eigenvalue weighted by molar-refractivity contribution is 5.88. The molecule has 0 atom stereocenters. The first-order valence-corrected chi connectivity index (χ1v) is 11.7. The van der Waals surface area contributed by atoms with Gasteiger partial charge in [0.05, 0.1) is 17.7 Å². The molecular weight excluding hydrogens is 412 g/mol. The molecule has 33 heavy (non-hydrogen) atoms. The van der Waals surface area contributed by atoms with E-state index in [1.807, 2.05) is 13.0 Å². The molecule has 3 aromatic heterocycles. The van der Waals surface area contributed by atoms with E-state index >= 15 is 0 Å². The van der Waals surface area contributed by atoms with Gasteiger partial charge >= 0.3 is 0 Å². The summed E-state index contributed by atoms with van der Waals surface area (Å²) in [5.74, 6) is 3.03. The predicted octanol–water partition coefficient (Wildman–Crippen LogP) is 5.23. The number of imidazole rings is 1. The molecule has 0 bridgehead atoms. The number of benzene rings is 1. The van der Waals surface area contributed by atoms with Gasteiger partial charge in [0.2, 0.25) is 0 Å². The minimum absolute atomic E-state index is 0.0000258. The molecule has 5 rings (SSSR count). The molecule has 1 aromatic carbocycles. The number of aromatic amines is 2. The van der Waals surface area contributed by atoms with Crippen molar-refractivity contribution in [2.75, 3.05) is 24.6 Å². The van der Waals surface area contributed by atoms with Gasteiger partial charge in [-0.1, -0.05) is 6.92 Å². The monoisotopic (exact) mass is 444 g/mol. The average Bonchev–Trinajstić information content (AvgIpc) is 3.38. The lowest BCUT2D eigenvalue weighted by molar-refractivity contribution is 0.338. The van der Waals surface area contributed by atoms with Gasteiger partial charge in [-0.2, -0.15) is 0 Å². The Kier molecular flexibility index (Phi) is 5.35. The summed E-state index contributed by atoms with van der Waals surface area (Å²) < 4.78 is 5.70. The molecule has 0 spiro atoms. The summed E-state index contributed by atoms with van der Waals surface area (Å²) in [6.07, 6.45) is 3.68. The minimum atomic E-state index is 0.0000258. The van der Waals surface area contributed by atoms with Gasteiger partial charge in [-0.05, 0) is 70.4 Å². The van der Waals surface area contributed by atoms with Crippen LogP contribution >= 0.6 is 0 Å². The van der Waals surface area contributed by atoms with Crippen molar-refractivity contribution in [3.8, 4) is 17.0 Å². The van der Waals surface area contributed by atoms with Crippen LogP contribution in [0.4, 0.5) is 5.82 Å². The van der Waals surface area contributed by atoms with E-state index < -0.39 is 0 Å². The second-order valence-corrected chi connectivity index (χ2v) is 9.43.